The molecule has 0 N–H and O–H groups in total. The average molecular weight is 448 g/mol. The van der Waals surface area contributed by atoms with Crippen LogP contribution in [0.5, 0.6) is 0 Å². The van der Waals surface area contributed by atoms with Gasteiger partial charge < -0.3 is 9.42 Å². The quantitative estimate of drug-likeness (QED) is 0.709. The first-order valence-corrected chi connectivity index (χ1v) is 12.3. The van der Waals surface area contributed by atoms with Gasteiger partial charge in [-0.1, -0.05) is 11.6 Å². The van der Waals surface area contributed by atoms with Crippen molar-refractivity contribution in [3.05, 3.63) is 34.7 Å². The van der Waals surface area contributed by atoms with Crippen LogP contribution in [0.15, 0.2) is 15.6 Å². The summed E-state index contributed by atoms with van der Waals surface area (Å²) in [4.78, 5) is 24.1. The molecule has 0 unspecified atom stereocenters. The lowest BCUT2D eigenvalue weighted by Gasteiger charge is -2.35. The maximum Gasteiger partial charge on any atom is 0.257 e. The van der Waals surface area contributed by atoms with Crippen molar-refractivity contribution in [2.45, 2.75) is 70.2 Å². The largest absolute Gasteiger partial charge is 0.360 e. The Hall–Kier alpha value is -2.33. The van der Waals surface area contributed by atoms with Crippen LogP contribution in [0.1, 0.15) is 77.9 Å². The second-order valence-electron chi connectivity index (χ2n) is 8.35. The standard InChI is InChI=1S/C21H29N5O4S/c1-14-20(15(2)30-24-14)31(28,29)26-12-8-5-9-18(26)19-17(13-22-16(3)23-19)21(27)25-10-6-4-7-11-25/h13,18H,4-12H2,1-3H3/t18-/m0/s1. The highest BCUT2D eigenvalue weighted by Gasteiger charge is 2.40. The maximum atomic E-state index is 13.6. The van der Waals surface area contributed by atoms with Crippen molar-refractivity contribution in [3.8, 4) is 0 Å². The van der Waals surface area contributed by atoms with E-state index >= 15 is 0 Å². The van der Waals surface area contributed by atoms with Crippen molar-refractivity contribution in [1.29, 1.82) is 0 Å². The summed E-state index contributed by atoms with van der Waals surface area (Å²) < 4.78 is 33.9. The molecule has 9 nitrogen and oxygen atoms in total. The number of hydrogen-bond donors (Lipinski definition) is 0. The zero-order chi connectivity index (χ0) is 22.2. The van der Waals surface area contributed by atoms with E-state index in [4.69, 9.17) is 4.52 Å². The highest BCUT2D eigenvalue weighted by molar-refractivity contribution is 7.89. The molecule has 0 aromatic carbocycles. The topological polar surface area (TPSA) is 110 Å². The molecular formula is C21H29N5O4S. The van der Waals surface area contributed by atoms with Crippen LogP contribution in [0.2, 0.25) is 0 Å². The van der Waals surface area contributed by atoms with E-state index in [9.17, 15) is 13.2 Å². The number of carbonyl (C=O) groups excluding carboxylic acids is 1. The number of aromatic nitrogens is 3. The molecule has 2 fully saturated rings. The summed E-state index contributed by atoms with van der Waals surface area (Å²) in [5.41, 5.74) is 1.24. The molecule has 31 heavy (non-hydrogen) atoms. The first-order chi connectivity index (χ1) is 14.8. The molecule has 2 saturated heterocycles. The highest BCUT2D eigenvalue weighted by atomic mass is 32.2. The van der Waals surface area contributed by atoms with Gasteiger partial charge in [0.15, 0.2) is 5.76 Å². The van der Waals surface area contributed by atoms with Crippen LogP contribution >= 0.6 is 0 Å². The van der Waals surface area contributed by atoms with Gasteiger partial charge in [0.1, 0.15) is 16.4 Å². The van der Waals surface area contributed by atoms with Gasteiger partial charge in [-0.15, -0.1) is 0 Å². The number of likely N-dealkylation sites (tertiary alicyclic amines) is 1. The molecule has 2 aromatic heterocycles. The fraction of sp³-hybridized carbons (Fsp3) is 0.619. The van der Waals surface area contributed by atoms with Gasteiger partial charge in [-0.2, -0.15) is 4.31 Å². The van der Waals surface area contributed by atoms with Gasteiger partial charge in [-0.25, -0.2) is 18.4 Å². The summed E-state index contributed by atoms with van der Waals surface area (Å²) in [6.07, 6.45) is 6.83. The summed E-state index contributed by atoms with van der Waals surface area (Å²) in [6.45, 7) is 6.76. The zero-order valence-corrected chi connectivity index (χ0v) is 19.1. The molecule has 2 aliphatic rings. The summed E-state index contributed by atoms with van der Waals surface area (Å²) in [7, 11) is -3.87. The number of nitrogens with zero attached hydrogens (tertiary/aromatic N) is 5. The van der Waals surface area contributed by atoms with Crippen molar-refractivity contribution in [3.63, 3.8) is 0 Å². The van der Waals surface area contributed by atoms with Gasteiger partial charge in [0.25, 0.3) is 5.91 Å². The molecule has 0 saturated carbocycles. The monoisotopic (exact) mass is 447 g/mol. The third-order valence-electron chi connectivity index (χ3n) is 6.12. The van der Waals surface area contributed by atoms with Crippen molar-refractivity contribution >= 4 is 15.9 Å². The van der Waals surface area contributed by atoms with Crippen LogP contribution in [0.3, 0.4) is 0 Å². The van der Waals surface area contributed by atoms with E-state index in [0.717, 1.165) is 32.1 Å². The van der Waals surface area contributed by atoms with Crippen LogP contribution < -0.4 is 0 Å². The molecule has 168 valence electrons. The second kappa shape index (κ2) is 8.66. The average Bonchev–Trinajstić information content (AvgIpc) is 3.12. The van der Waals surface area contributed by atoms with E-state index in [-0.39, 0.29) is 16.6 Å². The van der Waals surface area contributed by atoms with Gasteiger partial charge in [0, 0.05) is 25.8 Å². The predicted octanol–water partition coefficient (Wildman–Crippen LogP) is 2.93. The Labute approximate surface area is 182 Å². The molecular weight excluding hydrogens is 418 g/mol. The highest BCUT2D eigenvalue weighted by Crippen LogP contribution is 2.37. The fourth-order valence-corrected chi connectivity index (χ4v) is 6.56. The van der Waals surface area contributed by atoms with E-state index in [1.807, 2.05) is 4.90 Å². The first-order valence-electron chi connectivity index (χ1n) is 10.9. The molecule has 1 amide bonds. The van der Waals surface area contributed by atoms with Crippen LogP contribution in [-0.4, -0.2) is 58.3 Å². The number of amides is 1. The van der Waals surface area contributed by atoms with Crippen molar-refractivity contribution in [2.24, 2.45) is 0 Å². The molecule has 2 aromatic rings. The Kier molecular flexibility index (Phi) is 6.11. The third kappa shape index (κ3) is 4.10. The summed E-state index contributed by atoms with van der Waals surface area (Å²) in [6, 6.07) is -0.530. The predicted molar refractivity (Wildman–Crippen MR) is 113 cm³/mol. The molecule has 0 bridgehead atoms. The van der Waals surface area contributed by atoms with E-state index < -0.39 is 16.1 Å². The number of sulfonamides is 1. The molecule has 4 rings (SSSR count). The minimum Gasteiger partial charge on any atom is -0.360 e. The minimum atomic E-state index is -3.87. The number of hydrogen-bond acceptors (Lipinski definition) is 7. The maximum absolute atomic E-state index is 13.6. The van der Waals surface area contributed by atoms with E-state index in [1.54, 1.807) is 27.0 Å². The lowest BCUT2D eigenvalue weighted by atomic mass is 9.97. The van der Waals surface area contributed by atoms with Crippen molar-refractivity contribution < 1.29 is 17.7 Å². The molecule has 2 aliphatic heterocycles. The Morgan fingerprint density at radius 3 is 2.45 bits per heavy atom. The molecule has 0 radical (unpaired) electrons. The Morgan fingerprint density at radius 1 is 1.06 bits per heavy atom. The van der Waals surface area contributed by atoms with Crippen LogP contribution in [-0.2, 0) is 10.0 Å². The van der Waals surface area contributed by atoms with Gasteiger partial charge in [-0.3, -0.25) is 4.79 Å². The molecule has 0 aliphatic carbocycles. The van der Waals surface area contributed by atoms with E-state index in [2.05, 4.69) is 15.1 Å². The molecule has 10 heteroatoms. The van der Waals surface area contributed by atoms with Gasteiger partial charge in [0.2, 0.25) is 10.0 Å². The van der Waals surface area contributed by atoms with E-state index in [0.29, 0.717) is 48.8 Å². The van der Waals surface area contributed by atoms with Gasteiger partial charge in [0.05, 0.1) is 17.3 Å². The van der Waals surface area contributed by atoms with Crippen LogP contribution in [0.25, 0.3) is 0 Å². The number of piperidine rings is 2. The first kappa shape index (κ1) is 21.9. The third-order valence-corrected chi connectivity index (χ3v) is 8.27. The normalized spacial score (nSPS) is 20.7. The second-order valence-corrected chi connectivity index (χ2v) is 10.2. The van der Waals surface area contributed by atoms with Crippen LogP contribution in [0.4, 0.5) is 0 Å². The van der Waals surface area contributed by atoms with Crippen molar-refractivity contribution in [1.82, 2.24) is 24.3 Å². The Bertz CT molecular complexity index is 1060. The lowest BCUT2D eigenvalue weighted by molar-refractivity contribution is 0.0719. The minimum absolute atomic E-state index is 0.106. The zero-order valence-electron chi connectivity index (χ0n) is 18.3. The summed E-state index contributed by atoms with van der Waals surface area (Å²) in [5.74, 6) is 0.672. The molecule has 4 heterocycles. The Balaban J connectivity index is 1.77. The SMILES string of the molecule is Cc1ncc(C(=O)N2CCCCC2)c([C@@H]2CCCCN2S(=O)(=O)c2c(C)noc2C)n1. The smallest absolute Gasteiger partial charge is 0.257 e. The summed E-state index contributed by atoms with van der Waals surface area (Å²) in [5, 5.41) is 3.83. The number of carbonyl (C=O) groups is 1. The fourth-order valence-electron chi connectivity index (χ4n) is 4.60. The number of rotatable bonds is 4. The Morgan fingerprint density at radius 2 is 1.77 bits per heavy atom. The number of aryl methyl sites for hydroxylation is 3. The molecule has 1 atom stereocenters. The van der Waals surface area contributed by atoms with Crippen molar-refractivity contribution in [2.75, 3.05) is 19.6 Å². The lowest BCUT2D eigenvalue weighted by Crippen LogP contribution is -2.41. The van der Waals surface area contributed by atoms with Gasteiger partial charge in [-0.05, 0) is 52.9 Å². The van der Waals surface area contributed by atoms with Crippen LogP contribution in [0, 0.1) is 20.8 Å². The molecule has 0 spiro atoms. The summed E-state index contributed by atoms with van der Waals surface area (Å²) >= 11 is 0. The van der Waals surface area contributed by atoms with Gasteiger partial charge >= 0.3 is 0 Å². The van der Waals surface area contributed by atoms with E-state index in [1.165, 1.54) is 4.31 Å².